The zero-order chi connectivity index (χ0) is 12.4. The normalized spacial score (nSPS) is 21.4. The Morgan fingerprint density at radius 1 is 1.41 bits per heavy atom. The summed E-state index contributed by atoms with van der Waals surface area (Å²) in [6, 6.07) is 0.560. The van der Waals surface area contributed by atoms with Crippen molar-refractivity contribution in [2.75, 3.05) is 17.2 Å². The molecule has 4 heteroatoms. The van der Waals surface area contributed by atoms with Gasteiger partial charge >= 0.3 is 0 Å². The topological polar surface area (TPSA) is 42.1 Å². The van der Waals surface area contributed by atoms with Crippen LogP contribution in [-0.4, -0.2) is 17.6 Å². The van der Waals surface area contributed by atoms with Crippen LogP contribution in [0.25, 0.3) is 0 Å². The molecular weight excluding hydrogens is 278 g/mol. The van der Waals surface area contributed by atoms with Gasteiger partial charge in [0.25, 0.3) is 0 Å². The highest BCUT2D eigenvalue weighted by molar-refractivity contribution is 9.10. The minimum absolute atomic E-state index is 0.560. The summed E-state index contributed by atoms with van der Waals surface area (Å²) in [6.07, 6.45) is 6.92. The standard InChI is InChI=1S/C13H20BrN3/c1-9-6-4-3-5-7-17(9)13-12(14)10(2)11(15)8-16-13/h8-9H,3-7,15H2,1-2H3. The second-order valence-corrected chi connectivity index (χ2v) is 5.66. The van der Waals surface area contributed by atoms with Gasteiger partial charge in [-0.3, -0.25) is 0 Å². The van der Waals surface area contributed by atoms with Gasteiger partial charge in [0.1, 0.15) is 5.82 Å². The van der Waals surface area contributed by atoms with Gasteiger partial charge in [0.2, 0.25) is 0 Å². The molecule has 0 spiro atoms. The lowest BCUT2D eigenvalue weighted by molar-refractivity contribution is 0.610. The highest BCUT2D eigenvalue weighted by atomic mass is 79.9. The van der Waals surface area contributed by atoms with Gasteiger partial charge in [-0.15, -0.1) is 0 Å². The van der Waals surface area contributed by atoms with Crippen LogP contribution in [0.1, 0.15) is 38.2 Å². The molecular formula is C13H20BrN3. The Bertz CT molecular complexity index is 406. The lowest BCUT2D eigenvalue weighted by Crippen LogP contribution is -2.33. The quantitative estimate of drug-likeness (QED) is 0.862. The number of hydrogen-bond donors (Lipinski definition) is 1. The van der Waals surface area contributed by atoms with Gasteiger partial charge in [0, 0.05) is 12.6 Å². The molecule has 0 amide bonds. The molecule has 1 aromatic heterocycles. The predicted molar refractivity (Wildman–Crippen MR) is 76.4 cm³/mol. The van der Waals surface area contributed by atoms with E-state index in [0.29, 0.717) is 6.04 Å². The van der Waals surface area contributed by atoms with Crippen molar-refractivity contribution < 1.29 is 0 Å². The molecule has 1 unspecified atom stereocenters. The maximum atomic E-state index is 5.87. The summed E-state index contributed by atoms with van der Waals surface area (Å²) in [5, 5.41) is 0. The van der Waals surface area contributed by atoms with E-state index in [2.05, 4.69) is 32.7 Å². The van der Waals surface area contributed by atoms with E-state index in [-0.39, 0.29) is 0 Å². The zero-order valence-electron chi connectivity index (χ0n) is 10.5. The summed E-state index contributed by atoms with van der Waals surface area (Å²) in [7, 11) is 0. The first-order valence-corrected chi connectivity index (χ1v) is 7.07. The fraction of sp³-hybridized carbons (Fsp3) is 0.615. The smallest absolute Gasteiger partial charge is 0.143 e. The van der Waals surface area contributed by atoms with Crippen molar-refractivity contribution in [3.8, 4) is 0 Å². The Kier molecular flexibility index (Phi) is 3.92. The SMILES string of the molecule is Cc1c(N)cnc(N2CCCCCC2C)c1Br. The Balaban J connectivity index is 2.35. The number of pyridine rings is 1. The largest absolute Gasteiger partial charge is 0.397 e. The maximum Gasteiger partial charge on any atom is 0.143 e. The number of halogens is 1. The molecule has 0 bridgehead atoms. The van der Waals surface area contributed by atoms with E-state index in [0.717, 1.165) is 28.1 Å². The summed E-state index contributed by atoms with van der Waals surface area (Å²) >= 11 is 3.64. The van der Waals surface area contributed by atoms with E-state index in [1.54, 1.807) is 6.20 Å². The molecule has 1 fully saturated rings. The number of aromatic nitrogens is 1. The molecule has 1 aliphatic rings. The van der Waals surface area contributed by atoms with E-state index in [9.17, 15) is 0 Å². The Labute approximate surface area is 112 Å². The fourth-order valence-electron chi connectivity index (χ4n) is 2.37. The highest BCUT2D eigenvalue weighted by Gasteiger charge is 2.21. The molecule has 2 heterocycles. The maximum absolute atomic E-state index is 5.87. The zero-order valence-corrected chi connectivity index (χ0v) is 12.1. The van der Waals surface area contributed by atoms with Crippen LogP contribution in [0.3, 0.4) is 0 Å². The predicted octanol–water partition coefficient (Wildman–Crippen LogP) is 3.50. The van der Waals surface area contributed by atoms with E-state index in [1.165, 1.54) is 25.7 Å². The van der Waals surface area contributed by atoms with E-state index >= 15 is 0 Å². The van der Waals surface area contributed by atoms with Gasteiger partial charge in [-0.2, -0.15) is 0 Å². The lowest BCUT2D eigenvalue weighted by Gasteiger charge is -2.29. The molecule has 94 valence electrons. The molecule has 0 saturated carbocycles. The number of nitrogens with zero attached hydrogens (tertiary/aromatic N) is 2. The van der Waals surface area contributed by atoms with Crippen molar-refractivity contribution in [1.29, 1.82) is 0 Å². The molecule has 2 rings (SSSR count). The number of nitrogens with two attached hydrogens (primary N) is 1. The van der Waals surface area contributed by atoms with Crippen molar-refractivity contribution >= 4 is 27.4 Å². The molecule has 1 aliphatic heterocycles. The summed E-state index contributed by atoms with van der Waals surface area (Å²) in [5.41, 5.74) is 7.72. The Hall–Kier alpha value is -0.770. The van der Waals surface area contributed by atoms with Crippen molar-refractivity contribution in [2.24, 2.45) is 0 Å². The Morgan fingerprint density at radius 3 is 2.94 bits per heavy atom. The molecule has 1 saturated heterocycles. The lowest BCUT2D eigenvalue weighted by atomic mass is 10.1. The number of hydrogen-bond acceptors (Lipinski definition) is 3. The average molecular weight is 298 g/mol. The van der Waals surface area contributed by atoms with E-state index in [4.69, 9.17) is 5.73 Å². The van der Waals surface area contributed by atoms with Crippen molar-refractivity contribution in [2.45, 2.75) is 45.6 Å². The summed E-state index contributed by atoms with van der Waals surface area (Å²) < 4.78 is 1.05. The molecule has 1 atom stereocenters. The minimum atomic E-state index is 0.560. The van der Waals surface area contributed by atoms with Crippen LogP contribution in [0.2, 0.25) is 0 Å². The second kappa shape index (κ2) is 5.25. The van der Waals surface area contributed by atoms with Crippen LogP contribution < -0.4 is 10.6 Å². The molecule has 2 N–H and O–H groups in total. The van der Waals surface area contributed by atoms with Gasteiger partial charge < -0.3 is 10.6 Å². The molecule has 3 nitrogen and oxygen atoms in total. The van der Waals surface area contributed by atoms with Crippen LogP contribution in [0.5, 0.6) is 0 Å². The first kappa shape index (κ1) is 12.7. The van der Waals surface area contributed by atoms with Crippen LogP contribution in [0, 0.1) is 6.92 Å². The third-order valence-electron chi connectivity index (χ3n) is 3.61. The molecule has 0 radical (unpaired) electrons. The number of rotatable bonds is 1. The Morgan fingerprint density at radius 2 is 2.18 bits per heavy atom. The average Bonchev–Trinajstić information content (AvgIpc) is 2.52. The van der Waals surface area contributed by atoms with Gasteiger partial charge in [-0.25, -0.2) is 4.98 Å². The fourth-order valence-corrected chi connectivity index (χ4v) is 2.93. The van der Waals surface area contributed by atoms with Crippen LogP contribution in [0.4, 0.5) is 11.5 Å². The molecule has 0 aromatic carbocycles. The number of nitrogen functional groups attached to an aromatic ring is 1. The van der Waals surface area contributed by atoms with E-state index < -0.39 is 0 Å². The first-order chi connectivity index (χ1) is 8.11. The van der Waals surface area contributed by atoms with Crippen molar-refractivity contribution in [3.63, 3.8) is 0 Å². The van der Waals surface area contributed by atoms with Crippen molar-refractivity contribution in [3.05, 3.63) is 16.2 Å². The van der Waals surface area contributed by atoms with Crippen LogP contribution in [-0.2, 0) is 0 Å². The minimum Gasteiger partial charge on any atom is -0.397 e. The summed E-state index contributed by atoms with van der Waals surface area (Å²) in [4.78, 5) is 6.91. The molecule has 1 aromatic rings. The summed E-state index contributed by atoms with van der Waals surface area (Å²) in [5.74, 6) is 1.05. The molecule has 0 aliphatic carbocycles. The summed E-state index contributed by atoms with van der Waals surface area (Å²) in [6.45, 7) is 5.41. The monoisotopic (exact) mass is 297 g/mol. The van der Waals surface area contributed by atoms with Crippen LogP contribution >= 0.6 is 15.9 Å². The third-order valence-corrected chi connectivity index (χ3v) is 4.56. The van der Waals surface area contributed by atoms with Gasteiger partial charge in [-0.05, 0) is 48.2 Å². The van der Waals surface area contributed by atoms with Gasteiger partial charge in [0.05, 0.1) is 16.4 Å². The third kappa shape index (κ3) is 2.57. The van der Waals surface area contributed by atoms with Crippen molar-refractivity contribution in [1.82, 2.24) is 4.98 Å². The second-order valence-electron chi connectivity index (χ2n) is 4.87. The number of anilines is 2. The van der Waals surface area contributed by atoms with Crippen LogP contribution in [0.15, 0.2) is 10.7 Å². The van der Waals surface area contributed by atoms with Gasteiger partial charge in [-0.1, -0.05) is 12.8 Å². The van der Waals surface area contributed by atoms with E-state index in [1.807, 2.05) is 6.92 Å². The highest BCUT2D eigenvalue weighted by Crippen LogP contribution is 2.33. The first-order valence-electron chi connectivity index (χ1n) is 6.28. The van der Waals surface area contributed by atoms with Gasteiger partial charge in [0.15, 0.2) is 0 Å². The molecule has 17 heavy (non-hydrogen) atoms.